The van der Waals surface area contributed by atoms with Crippen LogP contribution in [0.5, 0.6) is 0 Å². The molecule has 3 aromatic rings. The summed E-state index contributed by atoms with van der Waals surface area (Å²) < 4.78 is 13.2. The molecule has 0 unspecified atom stereocenters. The lowest BCUT2D eigenvalue weighted by Crippen LogP contribution is -2.20. The fraction of sp³-hybridized carbons (Fsp3) is 0.0667. The fourth-order valence-electron chi connectivity index (χ4n) is 2.20. The van der Waals surface area contributed by atoms with Crippen molar-refractivity contribution in [2.45, 2.75) is 6.92 Å². The quantitative estimate of drug-likeness (QED) is 0.383. The van der Waals surface area contributed by atoms with Gasteiger partial charge in [-0.15, -0.1) is 0 Å². The summed E-state index contributed by atoms with van der Waals surface area (Å²) in [7, 11) is 0. The molecule has 7 heteroatoms. The summed E-state index contributed by atoms with van der Waals surface area (Å²) in [5.74, 6) is -0.317. The van der Waals surface area contributed by atoms with Gasteiger partial charge in [0, 0.05) is 5.56 Å². The maximum absolute atomic E-state index is 13.2. The van der Waals surface area contributed by atoms with Crippen LogP contribution in [0.2, 0.25) is 5.02 Å². The van der Waals surface area contributed by atoms with Crippen molar-refractivity contribution in [3.05, 3.63) is 58.6 Å². The SMILES string of the molecule is Cc1ccc(C(=Nc2ccc(F)c(Cl)c2)NO)c2[nH]cnc12. The monoisotopic (exact) mass is 318 g/mol. The maximum atomic E-state index is 13.2. The van der Waals surface area contributed by atoms with Gasteiger partial charge in [-0.2, -0.15) is 0 Å². The number of rotatable bonds is 2. The Balaban J connectivity index is 2.13. The number of halogens is 2. The minimum absolute atomic E-state index is 0.0332. The second kappa shape index (κ2) is 5.75. The van der Waals surface area contributed by atoms with Gasteiger partial charge in [0.05, 0.1) is 28.1 Å². The molecule has 0 aliphatic heterocycles. The highest BCUT2D eigenvalue weighted by Crippen LogP contribution is 2.24. The van der Waals surface area contributed by atoms with Crippen LogP contribution in [0.1, 0.15) is 11.1 Å². The Hall–Kier alpha value is -2.44. The van der Waals surface area contributed by atoms with Crippen LogP contribution in [0.25, 0.3) is 11.0 Å². The first-order chi connectivity index (χ1) is 10.6. The van der Waals surface area contributed by atoms with E-state index in [1.807, 2.05) is 19.1 Å². The summed E-state index contributed by atoms with van der Waals surface area (Å²) in [5.41, 5.74) is 5.66. The van der Waals surface area contributed by atoms with Gasteiger partial charge in [-0.05, 0) is 36.8 Å². The Labute approximate surface area is 130 Å². The largest absolute Gasteiger partial charge is 0.344 e. The number of benzene rings is 2. The molecule has 0 saturated heterocycles. The van der Waals surface area contributed by atoms with Crippen LogP contribution in [-0.2, 0) is 0 Å². The van der Waals surface area contributed by atoms with Crippen molar-refractivity contribution < 1.29 is 9.60 Å². The van der Waals surface area contributed by atoms with Crippen LogP contribution in [0, 0.1) is 12.7 Å². The molecular formula is C15H12ClFN4O. The average molecular weight is 319 g/mol. The number of imidazole rings is 1. The van der Waals surface area contributed by atoms with Gasteiger partial charge in [-0.1, -0.05) is 17.7 Å². The van der Waals surface area contributed by atoms with Gasteiger partial charge < -0.3 is 4.98 Å². The van der Waals surface area contributed by atoms with E-state index in [1.165, 1.54) is 18.2 Å². The molecule has 0 saturated carbocycles. The standard InChI is InChI=1S/C15H12ClFN4O/c1-8-2-4-10(14-13(8)18-7-19-14)15(21-22)20-9-3-5-12(17)11(16)6-9/h2-7,22H,1H3,(H,18,19)(H,20,21). The first kappa shape index (κ1) is 14.5. The van der Waals surface area contributed by atoms with E-state index in [9.17, 15) is 9.60 Å². The molecule has 1 aromatic heterocycles. The summed E-state index contributed by atoms with van der Waals surface area (Å²) >= 11 is 5.74. The van der Waals surface area contributed by atoms with Gasteiger partial charge in [0.1, 0.15) is 5.82 Å². The normalized spacial score (nSPS) is 11.9. The van der Waals surface area contributed by atoms with Crippen LogP contribution in [-0.4, -0.2) is 21.0 Å². The Kier molecular flexibility index (Phi) is 3.79. The number of H-pyrrole nitrogens is 1. The molecule has 0 aliphatic rings. The van der Waals surface area contributed by atoms with Gasteiger partial charge in [-0.25, -0.2) is 14.4 Å². The highest BCUT2D eigenvalue weighted by Gasteiger charge is 2.12. The molecule has 5 nitrogen and oxygen atoms in total. The summed E-state index contributed by atoms with van der Waals surface area (Å²) in [6.45, 7) is 1.94. The van der Waals surface area contributed by atoms with E-state index < -0.39 is 5.82 Å². The topological polar surface area (TPSA) is 73.3 Å². The van der Waals surface area contributed by atoms with Gasteiger partial charge in [0.15, 0.2) is 5.84 Å². The summed E-state index contributed by atoms with van der Waals surface area (Å²) in [4.78, 5) is 11.5. The first-order valence-corrected chi connectivity index (χ1v) is 6.85. The summed E-state index contributed by atoms with van der Waals surface area (Å²) in [6, 6.07) is 7.76. The van der Waals surface area contributed by atoms with Gasteiger partial charge in [0.25, 0.3) is 0 Å². The van der Waals surface area contributed by atoms with Crippen molar-refractivity contribution in [1.29, 1.82) is 0 Å². The number of nitrogens with zero attached hydrogens (tertiary/aromatic N) is 2. The highest BCUT2D eigenvalue weighted by atomic mass is 35.5. The van der Waals surface area contributed by atoms with Gasteiger partial charge in [-0.3, -0.25) is 10.7 Å². The number of nitrogens with one attached hydrogen (secondary N) is 2. The molecule has 3 N–H and O–H groups in total. The van der Waals surface area contributed by atoms with Crippen molar-refractivity contribution >= 4 is 34.2 Å². The first-order valence-electron chi connectivity index (χ1n) is 6.47. The Morgan fingerprint density at radius 3 is 2.91 bits per heavy atom. The number of aromatic nitrogens is 2. The van der Waals surface area contributed by atoms with E-state index >= 15 is 0 Å². The third-order valence-corrected chi connectivity index (χ3v) is 3.58. The van der Waals surface area contributed by atoms with Crippen LogP contribution in [0.3, 0.4) is 0 Å². The maximum Gasteiger partial charge on any atom is 0.159 e. The van der Waals surface area contributed by atoms with E-state index in [0.717, 1.165) is 16.6 Å². The zero-order valence-corrected chi connectivity index (χ0v) is 12.3. The van der Waals surface area contributed by atoms with Crippen molar-refractivity contribution in [2.75, 3.05) is 0 Å². The molecule has 0 atom stereocenters. The lowest BCUT2D eigenvalue weighted by molar-refractivity contribution is 0.235. The van der Waals surface area contributed by atoms with E-state index in [0.29, 0.717) is 11.3 Å². The minimum Gasteiger partial charge on any atom is -0.344 e. The molecule has 0 spiro atoms. The number of hydrogen-bond donors (Lipinski definition) is 3. The molecule has 1 heterocycles. The number of aliphatic imine (C=N–C) groups is 1. The second-order valence-corrected chi connectivity index (χ2v) is 5.13. The number of hydroxylamine groups is 1. The smallest absolute Gasteiger partial charge is 0.159 e. The van der Waals surface area contributed by atoms with E-state index in [-0.39, 0.29) is 10.9 Å². The Morgan fingerprint density at radius 1 is 1.36 bits per heavy atom. The number of aromatic amines is 1. The predicted octanol–water partition coefficient (Wildman–Crippen LogP) is 3.72. The number of hydrogen-bond acceptors (Lipinski definition) is 3. The van der Waals surface area contributed by atoms with Crippen molar-refractivity contribution in [2.24, 2.45) is 4.99 Å². The second-order valence-electron chi connectivity index (χ2n) is 4.73. The molecule has 22 heavy (non-hydrogen) atoms. The third-order valence-electron chi connectivity index (χ3n) is 3.29. The van der Waals surface area contributed by atoms with E-state index in [1.54, 1.807) is 6.33 Å². The molecular weight excluding hydrogens is 307 g/mol. The van der Waals surface area contributed by atoms with Crippen molar-refractivity contribution in [3.63, 3.8) is 0 Å². The Morgan fingerprint density at radius 2 is 2.18 bits per heavy atom. The molecule has 112 valence electrons. The zero-order chi connectivity index (χ0) is 15.7. The van der Waals surface area contributed by atoms with Crippen LogP contribution >= 0.6 is 11.6 Å². The highest BCUT2D eigenvalue weighted by molar-refractivity contribution is 6.31. The van der Waals surface area contributed by atoms with Gasteiger partial charge >= 0.3 is 0 Å². The van der Waals surface area contributed by atoms with Crippen LogP contribution in [0.4, 0.5) is 10.1 Å². The molecule has 3 rings (SSSR count). The molecule has 0 amide bonds. The number of amidine groups is 1. The molecule has 0 fully saturated rings. The predicted molar refractivity (Wildman–Crippen MR) is 83.4 cm³/mol. The van der Waals surface area contributed by atoms with Crippen molar-refractivity contribution in [1.82, 2.24) is 15.4 Å². The summed E-state index contributed by atoms with van der Waals surface area (Å²) in [6.07, 6.45) is 1.57. The molecule has 2 aromatic carbocycles. The molecule has 0 radical (unpaired) electrons. The molecule has 0 bridgehead atoms. The van der Waals surface area contributed by atoms with E-state index in [4.69, 9.17) is 11.6 Å². The van der Waals surface area contributed by atoms with E-state index in [2.05, 4.69) is 20.4 Å². The molecule has 0 aliphatic carbocycles. The summed E-state index contributed by atoms with van der Waals surface area (Å²) in [5, 5.41) is 9.38. The fourth-order valence-corrected chi connectivity index (χ4v) is 2.37. The lowest BCUT2D eigenvalue weighted by Gasteiger charge is -2.08. The lowest BCUT2D eigenvalue weighted by atomic mass is 10.1. The number of aryl methyl sites for hydroxylation is 1. The van der Waals surface area contributed by atoms with Crippen LogP contribution in [0.15, 0.2) is 41.7 Å². The van der Waals surface area contributed by atoms with Crippen LogP contribution < -0.4 is 5.48 Å². The average Bonchev–Trinajstić information content (AvgIpc) is 3.00. The van der Waals surface area contributed by atoms with Gasteiger partial charge in [0.2, 0.25) is 0 Å². The third kappa shape index (κ3) is 2.54. The Bertz CT molecular complexity index is 875. The zero-order valence-electron chi connectivity index (χ0n) is 11.6. The minimum atomic E-state index is -0.523. The van der Waals surface area contributed by atoms with Crippen molar-refractivity contribution in [3.8, 4) is 0 Å². The number of fused-ring (bicyclic) bond motifs is 1.